The SMILES string of the molecule is Cc1ccccc1C(c1ccccc1C)[C@@H]1CCCN1. The average molecular weight is 265 g/mol. The van der Waals surface area contributed by atoms with E-state index >= 15 is 0 Å². The van der Waals surface area contributed by atoms with Crippen molar-refractivity contribution >= 4 is 0 Å². The largest absolute Gasteiger partial charge is 0.313 e. The summed E-state index contributed by atoms with van der Waals surface area (Å²) in [5.41, 5.74) is 5.74. The molecule has 20 heavy (non-hydrogen) atoms. The normalized spacial score (nSPS) is 18.6. The van der Waals surface area contributed by atoms with Crippen molar-refractivity contribution < 1.29 is 0 Å². The van der Waals surface area contributed by atoms with E-state index in [9.17, 15) is 0 Å². The second-order valence-corrected chi connectivity index (χ2v) is 5.89. The first kappa shape index (κ1) is 13.4. The molecule has 1 nitrogen and oxygen atoms in total. The molecule has 0 unspecified atom stereocenters. The predicted octanol–water partition coefficient (Wildman–Crippen LogP) is 4.19. The molecule has 0 amide bonds. The van der Waals surface area contributed by atoms with Gasteiger partial charge in [-0.1, -0.05) is 48.5 Å². The third-order valence-electron chi connectivity index (χ3n) is 4.55. The van der Waals surface area contributed by atoms with E-state index in [1.54, 1.807) is 0 Å². The second kappa shape index (κ2) is 5.80. The summed E-state index contributed by atoms with van der Waals surface area (Å²) >= 11 is 0. The van der Waals surface area contributed by atoms with Crippen LogP contribution in [0, 0.1) is 13.8 Å². The van der Waals surface area contributed by atoms with E-state index in [1.165, 1.54) is 35.1 Å². The van der Waals surface area contributed by atoms with Crippen molar-refractivity contribution in [3.05, 3.63) is 70.8 Å². The summed E-state index contributed by atoms with van der Waals surface area (Å²) in [5, 5.41) is 3.71. The fraction of sp³-hybridized carbons (Fsp3) is 0.368. The smallest absolute Gasteiger partial charge is 0.0248 e. The molecule has 1 heterocycles. The van der Waals surface area contributed by atoms with E-state index in [2.05, 4.69) is 67.7 Å². The first-order valence-corrected chi connectivity index (χ1v) is 7.62. The van der Waals surface area contributed by atoms with Crippen LogP contribution in [0.5, 0.6) is 0 Å². The summed E-state index contributed by atoms with van der Waals surface area (Å²) in [6.45, 7) is 5.62. The van der Waals surface area contributed by atoms with Gasteiger partial charge < -0.3 is 5.32 Å². The quantitative estimate of drug-likeness (QED) is 0.877. The van der Waals surface area contributed by atoms with Crippen LogP contribution in [0.25, 0.3) is 0 Å². The van der Waals surface area contributed by atoms with E-state index in [0.717, 1.165) is 6.54 Å². The minimum Gasteiger partial charge on any atom is -0.313 e. The molecular weight excluding hydrogens is 242 g/mol. The minimum atomic E-state index is 0.472. The number of hydrogen-bond donors (Lipinski definition) is 1. The molecule has 0 radical (unpaired) electrons. The minimum absolute atomic E-state index is 0.472. The highest BCUT2D eigenvalue weighted by Crippen LogP contribution is 2.35. The maximum Gasteiger partial charge on any atom is 0.0248 e. The molecule has 0 bridgehead atoms. The Morgan fingerprint density at radius 3 is 1.90 bits per heavy atom. The third-order valence-corrected chi connectivity index (χ3v) is 4.55. The molecule has 1 N–H and O–H groups in total. The summed E-state index contributed by atoms with van der Waals surface area (Å²) in [5.74, 6) is 0.472. The topological polar surface area (TPSA) is 12.0 Å². The van der Waals surface area contributed by atoms with Crippen molar-refractivity contribution in [1.82, 2.24) is 5.32 Å². The van der Waals surface area contributed by atoms with Crippen molar-refractivity contribution in [1.29, 1.82) is 0 Å². The lowest BCUT2D eigenvalue weighted by Gasteiger charge is -2.27. The Labute approximate surface area is 122 Å². The molecule has 1 heteroatoms. The maximum absolute atomic E-state index is 3.71. The van der Waals surface area contributed by atoms with Gasteiger partial charge >= 0.3 is 0 Å². The van der Waals surface area contributed by atoms with Gasteiger partial charge in [0.1, 0.15) is 0 Å². The highest BCUT2D eigenvalue weighted by Gasteiger charge is 2.29. The number of nitrogens with one attached hydrogen (secondary N) is 1. The predicted molar refractivity (Wildman–Crippen MR) is 85.2 cm³/mol. The maximum atomic E-state index is 3.71. The Morgan fingerprint density at radius 1 is 0.900 bits per heavy atom. The van der Waals surface area contributed by atoms with Crippen LogP contribution >= 0.6 is 0 Å². The molecule has 0 saturated carbocycles. The Balaban J connectivity index is 2.09. The molecule has 2 aromatic rings. The summed E-state index contributed by atoms with van der Waals surface area (Å²) < 4.78 is 0. The van der Waals surface area contributed by atoms with Crippen molar-refractivity contribution in [3.8, 4) is 0 Å². The molecule has 2 aromatic carbocycles. The Hall–Kier alpha value is -1.60. The van der Waals surface area contributed by atoms with Crippen LogP contribution in [0.3, 0.4) is 0 Å². The number of benzene rings is 2. The molecule has 1 saturated heterocycles. The monoisotopic (exact) mass is 265 g/mol. The fourth-order valence-electron chi connectivity index (χ4n) is 3.47. The van der Waals surface area contributed by atoms with E-state index in [1.807, 2.05) is 0 Å². The van der Waals surface area contributed by atoms with Crippen LogP contribution in [0.2, 0.25) is 0 Å². The molecule has 0 spiro atoms. The molecule has 1 aliphatic rings. The standard InChI is InChI=1S/C19H23N/c1-14-8-3-5-10-16(14)19(18-12-7-13-20-18)17-11-6-4-9-15(17)2/h3-6,8-11,18-20H,7,12-13H2,1-2H3/t18-/m0/s1. The Kier molecular flexibility index (Phi) is 3.88. The van der Waals surface area contributed by atoms with Gasteiger partial charge in [-0.3, -0.25) is 0 Å². The van der Waals surface area contributed by atoms with Crippen molar-refractivity contribution in [2.75, 3.05) is 6.54 Å². The second-order valence-electron chi connectivity index (χ2n) is 5.89. The molecule has 0 aromatic heterocycles. The molecular formula is C19H23N. The van der Waals surface area contributed by atoms with Crippen LogP contribution in [0.1, 0.15) is 41.0 Å². The zero-order valence-electron chi connectivity index (χ0n) is 12.4. The number of hydrogen-bond acceptors (Lipinski definition) is 1. The zero-order valence-corrected chi connectivity index (χ0v) is 12.4. The van der Waals surface area contributed by atoms with E-state index in [4.69, 9.17) is 0 Å². The van der Waals surface area contributed by atoms with Gasteiger partial charge in [-0.2, -0.15) is 0 Å². The van der Waals surface area contributed by atoms with Gasteiger partial charge in [-0.15, -0.1) is 0 Å². The van der Waals surface area contributed by atoms with Gasteiger partial charge in [-0.05, 0) is 55.5 Å². The van der Waals surface area contributed by atoms with Crippen molar-refractivity contribution in [2.45, 2.75) is 38.6 Å². The Morgan fingerprint density at radius 2 is 1.45 bits per heavy atom. The highest BCUT2D eigenvalue weighted by atomic mass is 14.9. The first-order valence-electron chi connectivity index (χ1n) is 7.62. The van der Waals surface area contributed by atoms with Gasteiger partial charge in [0, 0.05) is 12.0 Å². The summed E-state index contributed by atoms with van der Waals surface area (Å²) in [7, 11) is 0. The highest BCUT2D eigenvalue weighted by molar-refractivity contribution is 5.42. The van der Waals surface area contributed by atoms with Gasteiger partial charge in [0.2, 0.25) is 0 Å². The summed E-state index contributed by atoms with van der Waals surface area (Å²) in [6, 6.07) is 18.2. The number of rotatable bonds is 3. The molecule has 3 rings (SSSR count). The summed E-state index contributed by atoms with van der Waals surface area (Å²) in [4.78, 5) is 0. The summed E-state index contributed by atoms with van der Waals surface area (Å²) in [6.07, 6.45) is 2.56. The zero-order chi connectivity index (χ0) is 13.9. The van der Waals surface area contributed by atoms with Gasteiger partial charge in [0.25, 0.3) is 0 Å². The molecule has 1 atom stereocenters. The first-order chi connectivity index (χ1) is 9.77. The Bertz CT molecular complexity index is 536. The molecule has 1 aliphatic heterocycles. The average Bonchev–Trinajstić information content (AvgIpc) is 2.97. The number of aryl methyl sites for hydroxylation is 2. The van der Waals surface area contributed by atoms with Crippen LogP contribution in [-0.2, 0) is 0 Å². The van der Waals surface area contributed by atoms with Crippen molar-refractivity contribution in [3.63, 3.8) is 0 Å². The van der Waals surface area contributed by atoms with Gasteiger partial charge in [0.05, 0.1) is 0 Å². The lowest BCUT2D eigenvalue weighted by molar-refractivity contribution is 0.537. The van der Waals surface area contributed by atoms with Gasteiger partial charge in [-0.25, -0.2) is 0 Å². The lowest BCUT2D eigenvalue weighted by atomic mass is 9.80. The van der Waals surface area contributed by atoms with Crippen LogP contribution in [0.15, 0.2) is 48.5 Å². The van der Waals surface area contributed by atoms with E-state index in [0.29, 0.717) is 12.0 Å². The fourth-order valence-corrected chi connectivity index (χ4v) is 3.47. The molecule has 104 valence electrons. The van der Waals surface area contributed by atoms with Crippen LogP contribution in [0.4, 0.5) is 0 Å². The van der Waals surface area contributed by atoms with Crippen molar-refractivity contribution in [2.24, 2.45) is 0 Å². The lowest BCUT2D eigenvalue weighted by Crippen LogP contribution is -2.30. The molecule has 1 fully saturated rings. The molecule has 0 aliphatic carbocycles. The van der Waals surface area contributed by atoms with Crippen LogP contribution < -0.4 is 5.32 Å². The third kappa shape index (κ3) is 2.51. The van der Waals surface area contributed by atoms with E-state index in [-0.39, 0.29) is 0 Å². The van der Waals surface area contributed by atoms with Crippen LogP contribution in [-0.4, -0.2) is 12.6 Å². The van der Waals surface area contributed by atoms with E-state index < -0.39 is 0 Å². The van der Waals surface area contributed by atoms with Gasteiger partial charge in [0.15, 0.2) is 0 Å².